The molecule has 0 aliphatic carbocycles. The van der Waals surface area contributed by atoms with Gasteiger partial charge < -0.3 is 9.26 Å². The zero-order valence-corrected chi connectivity index (χ0v) is 11.6. The molecule has 0 saturated heterocycles. The molecule has 0 spiro atoms. The molecule has 0 radical (unpaired) electrons. The molecule has 2 aromatic carbocycles. The van der Waals surface area contributed by atoms with E-state index in [0.717, 1.165) is 22.4 Å². The molecule has 3 rings (SSSR count). The van der Waals surface area contributed by atoms with Gasteiger partial charge in [0, 0.05) is 12.2 Å². The third-order valence-electron chi connectivity index (χ3n) is 3.14. The van der Waals surface area contributed by atoms with Crippen LogP contribution < -0.4 is 4.74 Å². The van der Waals surface area contributed by atoms with Gasteiger partial charge in [0.05, 0.1) is 6.61 Å². The molecule has 1 heterocycles. The number of ether oxygens (including phenoxy) is 1. The molecule has 0 amide bonds. The molecule has 1 atom stereocenters. The molecule has 98 valence electrons. The van der Waals surface area contributed by atoms with Crippen LogP contribution in [0, 0.1) is 0 Å². The minimum atomic E-state index is -2.72. The summed E-state index contributed by atoms with van der Waals surface area (Å²) in [6, 6.07) is 15.8. The molecule has 0 saturated carbocycles. The summed E-state index contributed by atoms with van der Waals surface area (Å²) in [5.74, 6) is 0.752. The van der Waals surface area contributed by atoms with Crippen molar-refractivity contribution in [2.45, 2.75) is 6.61 Å². The van der Waals surface area contributed by atoms with Crippen molar-refractivity contribution in [3.05, 3.63) is 54.1 Å². The molecule has 0 N–H and O–H groups in total. The van der Waals surface area contributed by atoms with E-state index in [0.29, 0.717) is 6.61 Å². The lowest BCUT2D eigenvalue weighted by Crippen LogP contribution is -2.00. The third-order valence-corrected chi connectivity index (χ3v) is 4.42. The first kappa shape index (κ1) is 12.5. The van der Waals surface area contributed by atoms with Crippen molar-refractivity contribution in [1.29, 1.82) is 0 Å². The standard InChI is InChI=1S/C15H15O3P/c1-19(16)11-17-15-9-5-4-8-14(15)13-7-3-2-6-12(13)10-18-19/h2-9H,10-11H2,1H3. The van der Waals surface area contributed by atoms with E-state index in [1.807, 2.05) is 48.5 Å². The molecular weight excluding hydrogens is 259 g/mol. The van der Waals surface area contributed by atoms with E-state index in [1.54, 1.807) is 6.66 Å². The predicted molar refractivity (Wildman–Crippen MR) is 75.7 cm³/mol. The summed E-state index contributed by atoms with van der Waals surface area (Å²) >= 11 is 0. The van der Waals surface area contributed by atoms with Gasteiger partial charge in [0.15, 0.2) is 6.35 Å². The van der Waals surface area contributed by atoms with Crippen LogP contribution in [0.5, 0.6) is 5.75 Å². The smallest absolute Gasteiger partial charge is 0.236 e. The highest BCUT2D eigenvalue weighted by Crippen LogP contribution is 2.46. The van der Waals surface area contributed by atoms with E-state index < -0.39 is 7.37 Å². The van der Waals surface area contributed by atoms with Gasteiger partial charge in [0.25, 0.3) is 0 Å². The number of fused-ring (bicyclic) bond motifs is 3. The summed E-state index contributed by atoms with van der Waals surface area (Å²) in [5, 5.41) is 0. The Bertz CT molecular complexity index is 598. The normalized spacial score (nSPS) is 22.2. The van der Waals surface area contributed by atoms with Crippen LogP contribution in [0.4, 0.5) is 0 Å². The van der Waals surface area contributed by atoms with Crippen molar-refractivity contribution in [3.8, 4) is 16.9 Å². The maximum absolute atomic E-state index is 12.2. The fourth-order valence-electron chi connectivity index (χ4n) is 2.15. The summed E-state index contributed by atoms with van der Waals surface area (Å²) in [5.41, 5.74) is 3.12. The summed E-state index contributed by atoms with van der Waals surface area (Å²) in [6.07, 6.45) is 0.109. The zero-order chi connectivity index (χ0) is 13.3. The quantitative estimate of drug-likeness (QED) is 0.678. The second-order valence-corrected chi connectivity index (χ2v) is 7.26. The lowest BCUT2D eigenvalue weighted by Gasteiger charge is -2.13. The van der Waals surface area contributed by atoms with Crippen LogP contribution in [0.25, 0.3) is 11.1 Å². The molecule has 1 aliphatic heterocycles. The molecule has 0 aromatic heterocycles. The number of hydrogen-bond acceptors (Lipinski definition) is 3. The van der Waals surface area contributed by atoms with E-state index in [4.69, 9.17) is 9.26 Å². The van der Waals surface area contributed by atoms with Gasteiger partial charge in [-0.3, -0.25) is 4.57 Å². The zero-order valence-electron chi connectivity index (χ0n) is 10.7. The van der Waals surface area contributed by atoms with Crippen LogP contribution in [-0.2, 0) is 15.7 Å². The van der Waals surface area contributed by atoms with Crippen LogP contribution in [0.15, 0.2) is 48.5 Å². The molecule has 0 bridgehead atoms. The fourth-order valence-corrected chi connectivity index (χ4v) is 3.01. The van der Waals surface area contributed by atoms with Crippen molar-refractivity contribution in [2.75, 3.05) is 13.0 Å². The Morgan fingerprint density at radius 1 is 1.00 bits per heavy atom. The van der Waals surface area contributed by atoms with Gasteiger partial charge in [-0.25, -0.2) is 0 Å². The van der Waals surface area contributed by atoms with Gasteiger partial charge in [-0.2, -0.15) is 0 Å². The minimum Gasteiger partial charge on any atom is -0.483 e. The predicted octanol–water partition coefficient (Wildman–Crippen LogP) is 4.13. The third kappa shape index (κ3) is 2.58. The molecule has 2 aromatic rings. The Morgan fingerprint density at radius 3 is 2.53 bits per heavy atom. The van der Waals surface area contributed by atoms with Gasteiger partial charge in [-0.15, -0.1) is 0 Å². The molecule has 4 heteroatoms. The highest BCUT2D eigenvalue weighted by Gasteiger charge is 2.22. The molecule has 3 nitrogen and oxygen atoms in total. The average Bonchev–Trinajstić information content (AvgIpc) is 2.48. The lowest BCUT2D eigenvalue weighted by atomic mass is 9.99. The maximum atomic E-state index is 12.2. The van der Waals surface area contributed by atoms with Gasteiger partial charge in [-0.1, -0.05) is 42.5 Å². The van der Waals surface area contributed by atoms with Gasteiger partial charge in [0.2, 0.25) is 7.37 Å². The Morgan fingerprint density at radius 2 is 1.68 bits per heavy atom. The second kappa shape index (κ2) is 4.84. The van der Waals surface area contributed by atoms with E-state index in [2.05, 4.69) is 0 Å². The van der Waals surface area contributed by atoms with E-state index in [1.165, 1.54) is 0 Å². The van der Waals surface area contributed by atoms with Gasteiger partial charge in [0.1, 0.15) is 5.75 Å². The number of benzene rings is 2. The average molecular weight is 274 g/mol. The lowest BCUT2D eigenvalue weighted by molar-refractivity contribution is 0.279. The number of para-hydroxylation sites is 1. The first-order valence-corrected chi connectivity index (χ1v) is 8.43. The highest BCUT2D eigenvalue weighted by molar-refractivity contribution is 7.57. The van der Waals surface area contributed by atoms with Crippen molar-refractivity contribution in [3.63, 3.8) is 0 Å². The van der Waals surface area contributed by atoms with E-state index >= 15 is 0 Å². The Hall–Kier alpha value is -1.57. The largest absolute Gasteiger partial charge is 0.483 e. The fraction of sp³-hybridized carbons (Fsp3) is 0.200. The van der Waals surface area contributed by atoms with Crippen molar-refractivity contribution < 1.29 is 13.8 Å². The Balaban J connectivity index is 2.18. The van der Waals surface area contributed by atoms with Crippen LogP contribution in [0.3, 0.4) is 0 Å². The van der Waals surface area contributed by atoms with E-state index in [9.17, 15) is 4.57 Å². The molecule has 1 unspecified atom stereocenters. The number of rotatable bonds is 0. The summed E-state index contributed by atoms with van der Waals surface area (Å²) in [4.78, 5) is 0. The van der Waals surface area contributed by atoms with Crippen LogP contribution in [-0.4, -0.2) is 13.0 Å². The van der Waals surface area contributed by atoms with Crippen LogP contribution >= 0.6 is 7.37 Å². The topological polar surface area (TPSA) is 35.5 Å². The summed E-state index contributed by atoms with van der Waals surface area (Å²) < 4.78 is 23.5. The molecule has 0 fully saturated rings. The minimum absolute atomic E-state index is 0.109. The molecule has 1 aliphatic rings. The first-order chi connectivity index (χ1) is 9.16. The second-order valence-electron chi connectivity index (χ2n) is 4.71. The maximum Gasteiger partial charge on any atom is 0.236 e. The first-order valence-electron chi connectivity index (χ1n) is 6.17. The van der Waals surface area contributed by atoms with Gasteiger partial charge >= 0.3 is 0 Å². The van der Waals surface area contributed by atoms with E-state index in [-0.39, 0.29) is 6.35 Å². The molecular formula is C15H15O3P. The monoisotopic (exact) mass is 274 g/mol. The SMILES string of the molecule is CP1(=O)COc2ccccc2-c2ccccc2CO1. The van der Waals surface area contributed by atoms with Gasteiger partial charge in [-0.05, 0) is 17.2 Å². The van der Waals surface area contributed by atoms with Crippen molar-refractivity contribution in [2.24, 2.45) is 0 Å². The number of hydrogen-bond donors (Lipinski definition) is 0. The van der Waals surface area contributed by atoms with Crippen molar-refractivity contribution >= 4 is 7.37 Å². The summed E-state index contributed by atoms with van der Waals surface area (Å²) in [7, 11) is -2.72. The van der Waals surface area contributed by atoms with Crippen molar-refractivity contribution in [1.82, 2.24) is 0 Å². The highest BCUT2D eigenvalue weighted by atomic mass is 31.2. The Labute approximate surface area is 112 Å². The Kier molecular flexibility index (Phi) is 3.17. The summed E-state index contributed by atoms with van der Waals surface area (Å²) in [6.45, 7) is 1.96. The van der Waals surface area contributed by atoms with Crippen LogP contribution in [0.2, 0.25) is 0 Å². The van der Waals surface area contributed by atoms with Crippen LogP contribution in [0.1, 0.15) is 5.56 Å². The molecule has 19 heavy (non-hydrogen) atoms.